The zero-order chi connectivity index (χ0) is 38.0. The van der Waals surface area contributed by atoms with Crippen LogP contribution in [0.2, 0.25) is 0 Å². The second-order valence-corrected chi connectivity index (χ2v) is 16.7. The second-order valence-electron chi connectivity index (χ2n) is 15.6. The second kappa shape index (κ2) is 12.0. The van der Waals surface area contributed by atoms with Crippen LogP contribution in [0.3, 0.4) is 0 Å². The Balaban J connectivity index is 1.16. The summed E-state index contributed by atoms with van der Waals surface area (Å²) in [7, 11) is 0. The maximum Gasteiger partial charge on any atom is 0.0764 e. The van der Waals surface area contributed by atoms with Gasteiger partial charge in [0, 0.05) is 37.0 Å². The largest absolute Gasteiger partial charge is 0.309 e. The SMILES string of the molecule is c1ccc(-c2cc(-c3ccccc3)cc(-n3c4ccccc4c4cc5c(cc43)Sc3ccccc3C53c4ccccc4-n4c5ccccc5c5cccc3c54)c2)cc1. The minimum atomic E-state index is -0.539. The number of nitrogens with zero attached hydrogens (tertiary/aromatic N) is 2. The molecule has 3 heteroatoms. The van der Waals surface area contributed by atoms with Crippen LogP contribution in [0.5, 0.6) is 0 Å². The molecular weight excluding hydrogens is 721 g/mol. The smallest absolute Gasteiger partial charge is 0.0764 e. The minimum absolute atomic E-state index is 0.539. The highest BCUT2D eigenvalue weighted by atomic mass is 32.2. The Morgan fingerprint density at radius 3 is 1.64 bits per heavy atom. The standard InChI is InChI=1S/C55H34N2S/c1-3-16-35(17-4-1)37-30-38(36-18-5-2-6-19-36)32-39(31-37)56-48-26-11-8-21-41(48)43-33-47-53(34-51(43)56)58-52-29-14-10-24-45(52)55(47)44-23-9-13-28-50(44)57-49-27-12-7-20-40(49)42-22-15-25-46(55)54(42)57/h1-34H. The summed E-state index contributed by atoms with van der Waals surface area (Å²) in [5.74, 6) is 0. The van der Waals surface area contributed by atoms with Gasteiger partial charge in [-0.25, -0.2) is 0 Å². The fraction of sp³-hybridized carbons (Fsp3) is 0.0182. The highest BCUT2D eigenvalue weighted by Gasteiger charge is 2.49. The van der Waals surface area contributed by atoms with Crippen LogP contribution >= 0.6 is 11.8 Å². The molecule has 2 aliphatic rings. The molecule has 2 nitrogen and oxygen atoms in total. The van der Waals surface area contributed by atoms with Crippen molar-refractivity contribution in [3.8, 4) is 33.6 Å². The maximum atomic E-state index is 2.56. The van der Waals surface area contributed by atoms with Crippen molar-refractivity contribution in [2.24, 2.45) is 0 Å². The highest BCUT2D eigenvalue weighted by molar-refractivity contribution is 7.99. The summed E-state index contributed by atoms with van der Waals surface area (Å²) in [4.78, 5) is 2.58. The number of hydrogen-bond donors (Lipinski definition) is 0. The molecule has 1 spiro atoms. The lowest BCUT2D eigenvalue weighted by Crippen LogP contribution is -2.37. The molecule has 1 unspecified atom stereocenters. The van der Waals surface area contributed by atoms with E-state index in [2.05, 4.69) is 215 Å². The van der Waals surface area contributed by atoms with Crippen molar-refractivity contribution < 1.29 is 0 Å². The van der Waals surface area contributed by atoms with Gasteiger partial charge in [0.25, 0.3) is 0 Å². The van der Waals surface area contributed by atoms with Crippen molar-refractivity contribution in [3.63, 3.8) is 0 Å². The summed E-state index contributed by atoms with van der Waals surface area (Å²) in [6.07, 6.45) is 0. The normalized spacial score (nSPS) is 15.2. The first kappa shape index (κ1) is 32.1. The van der Waals surface area contributed by atoms with Gasteiger partial charge in [-0.3, -0.25) is 0 Å². The molecule has 270 valence electrons. The van der Waals surface area contributed by atoms with Crippen molar-refractivity contribution in [2.45, 2.75) is 15.2 Å². The summed E-state index contributed by atoms with van der Waals surface area (Å²) in [5, 5.41) is 5.10. The van der Waals surface area contributed by atoms with Crippen molar-refractivity contribution in [2.75, 3.05) is 0 Å². The quantitative estimate of drug-likeness (QED) is 0.175. The van der Waals surface area contributed by atoms with E-state index < -0.39 is 5.41 Å². The third-order valence-electron chi connectivity index (χ3n) is 12.7. The van der Waals surface area contributed by atoms with Crippen LogP contribution in [-0.4, -0.2) is 9.13 Å². The van der Waals surface area contributed by atoms with Gasteiger partial charge in [0.1, 0.15) is 0 Å². The van der Waals surface area contributed by atoms with E-state index in [-0.39, 0.29) is 0 Å². The number of para-hydroxylation sites is 4. The van der Waals surface area contributed by atoms with Gasteiger partial charge in [-0.2, -0.15) is 0 Å². The van der Waals surface area contributed by atoms with E-state index in [0.717, 1.165) is 5.69 Å². The molecule has 0 aliphatic carbocycles. The van der Waals surface area contributed by atoms with Crippen molar-refractivity contribution in [3.05, 3.63) is 229 Å². The van der Waals surface area contributed by atoms with E-state index in [9.17, 15) is 0 Å². The predicted octanol–water partition coefficient (Wildman–Crippen LogP) is 14.4. The van der Waals surface area contributed by atoms with Gasteiger partial charge in [0.2, 0.25) is 0 Å². The van der Waals surface area contributed by atoms with E-state index in [0.29, 0.717) is 0 Å². The van der Waals surface area contributed by atoms with Crippen LogP contribution in [-0.2, 0) is 5.41 Å². The molecule has 0 amide bonds. The molecule has 1 atom stereocenters. The van der Waals surface area contributed by atoms with Gasteiger partial charge in [-0.05, 0) is 99.1 Å². The van der Waals surface area contributed by atoms with E-state index >= 15 is 0 Å². The molecule has 0 fully saturated rings. The Bertz CT molecular complexity index is 3430. The summed E-state index contributed by atoms with van der Waals surface area (Å²) in [6, 6.07) is 76.8. The van der Waals surface area contributed by atoms with E-state index in [4.69, 9.17) is 0 Å². The molecule has 0 N–H and O–H groups in total. The van der Waals surface area contributed by atoms with Crippen LogP contribution in [0.15, 0.2) is 216 Å². The molecule has 0 saturated carbocycles. The fourth-order valence-electron chi connectivity index (χ4n) is 10.4. The molecule has 2 aliphatic heterocycles. The molecule has 13 rings (SSSR count). The Labute approximate surface area is 340 Å². The average Bonchev–Trinajstić information content (AvgIpc) is 3.81. The van der Waals surface area contributed by atoms with Gasteiger partial charge in [0.15, 0.2) is 0 Å². The molecular formula is C55H34N2S. The third kappa shape index (κ3) is 4.23. The predicted molar refractivity (Wildman–Crippen MR) is 242 cm³/mol. The number of aromatic nitrogens is 2. The lowest BCUT2D eigenvalue weighted by atomic mass is 9.62. The first-order chi connectivity index (χ1) is 28.8. The fourth-order valence-corrected chi connectivity index (χ4v) is 11.6. The van der Waals surface area contributed by atoms with Crippen LogP contribution in [0, 0.1) is 0 Å². The zero-order valence-electron chi connectivity index (χ0n) is 31.4. The molecule has 4 heterocycles. The van der Waals surface area contributed by atoms with Crippen molar-refractivity contribution in [1.82, 2.24) is 9.13 Å². The maximum absolute atomic E-state index is 2.56. The number of fused-ring (bicyclic) bond motifs is 14. The summed E-state index contributed by atoms with van der Waals surface area (Å²) >= 11 is 1.91. The van der Waals surface area contributed by atoms with Crippen LogP contribution in [0.25, 0.3) is 77.2 Å². The van der Waals surface area contributed by atoms with Crippen LogP contribution in [0.1, 0.15) is 22.3 Å². The zero-order valence-corrected chi connectivity index (χ0v) is 32.2. The van der Waals surface area contributed by atoms with E-state index in [1.807, 2.05) is 11.8 Å². The molecule has 2 aromatic heterocycles. The Morgan fingerprint density at radius 1 is 0.328 bits per heavy atom. The molecule has 0 radical (unpaired) electrons. The lowest BCUT2D eigenvalue weighted by Gasteiger charge is -2.45. The van der Waals surface area contributed by atoms with Gasteiger partial charge < -0.3 is 9.13 Å². The van der Waals surface area contributed by atoms with Gasteiger partial charge in [-0.15, -0.1) is 0 Å². The minimum Gasteiger partial charge on any atom is -0.309 e. The molecule has 58 heavy (non-hydrogen) atoms. The number of rotatable bonds is 3. The Hall–Kier alpha value is -7.07. The van der Waals surface area contributed by atoms with Crippen LogP contribution < -0.4 is 0 Å². The monoisotopic (exact) mass is 754 g/mol. The molecule has 9 aromatic carbocycles. The van der Waals surface area contributed by atoms with E-state index in [1.165, 1.54) is 104 Å². The molecule has 11 aromatic rings. The molecule has 0 bridgehead atoms. The molecule has 0 saturated heterocycles. The van der Waals surface area contributed by atoms with Gasteiger partial charge >= 0.3 is 0 Å². The van der Waals surface area contributed by atoms with Crippen molar-refractivity contribution in [1.29, 1.82) is 0 Å². The first-order valence-electron chi connectivity index (χ1n) is 20.0. The van der Waals surface area contributed by atoms with E-state index in [1.54, 1.807) is 0 Å². The average molecular weight is 755 g/mol. The summed E-state index contributed by atoms with van der Waals surface area (Å²) in [5.41, 5.74) is 17.0. The highest BCUT2D eigenvalue weighted by Crippen LogP contribution is 2.61. The lowest BCUT2D eigenvalue weighted by molar-refractivity contribution is 0.691. The summed E-state index contributed by atoms with van der Waals surface area (Å²) < 4.78 is 5.03. The Morgan fingerprint density at radius 2 is 0.897 bits per heavy atom. The third-order valence-corrected chi connectivity index (χ3v) is 13.9. The van der Waals surface area contributed by atoms with Gasteiger partial charge in [0.05, 0.1) is 33.2 Å². The number of benzene rings is 9. The number of hydrogen-bond acceptors (Lipinski definition) is 1. The van der Waals surface area contributed by atoms with Crippen LogP contribution in [0.4, 0.5) is 0 Å². The summed E-state index contributed by atoms with van der Waals surface area (Å²) in [6.45, 7) is 0. The Kier molecular flexibility index (Phi) is 6.62. The van der Waals surface area contributed by atoms with Crippen molar-refractivity contribution >= 4 is 55.4 Å². The topological polar surface area (TPSA) is 9.86 Å². The first-order valence-corrected chi connectivity index (χ1v) is 20.8. The van der Waals surface area contributed by atoms with Gasteiger partial charge in [-0.1, -0.05) is 163 Å².